The van der Waals surface area contributed by atoms with Gasteiger partial charge in [-0.05, 0) is 38.1 Å². The minimum atomic E-state index is -0.00477. The van der Waals surface area contributed by atoms with E-state index in [9.17, 15) is 4.79 Å². The van der Waals surface area contributed by atoms with Crippen LogP contribution in [0.3, 0.4) is 0 Å². The van der Waals surface area contributed by atoms with Gasteiger partial charge >= 0.3 is 0 Å². The number of nitrogens with one attached hydrogen (secondary N) is 1. The first-order valence-electron chi connectivity index (χ1n) is 8.76. The van der Waals surface area contributed by atoms with Crippen molar-refractivity contribution in [1.82, 2.24) is 25.0 Å². The number of hydrogen-bond acceptors (Lipinski definition) is 5. The van der Waals surface area contributed by atoms with E-state index in [1.54, 1.807) is 6.20 Å². The Hall–Kier alpha value is -2.51. The second-order valence-corrected chi connectivity index (χ2v) is 7.30. The van der Waals surface area contributed by atoms with Gasteiger partial charge in [0.05, 0.1) is 11.9 Å². The third-order valence-electron chi connectivity index (χ3n) is 4.75. The Kier molecular flexibility index (Phi) is 4.81. The van der Waals surface area contributed by atoms with Gasteiger partial charge in [0.15, 0.2) is 0 Å². The van der Waals surface area contributed by atoms with E-state index >= 15 is 0 Å². The SMILES string of the molecule is CN(C(=O)c1csc(-c2cnn(-c3ccccc3)c2)n1)C1CCNCC1. The molecule has 6 nitrogen and oxygen atoms in total. The number of thiazole rings is 1. The van der Waals surface area contributed by atoms with Gasteiger partial charge in [0, 0.05) is 30.2 Å². The molecule has 1 saturated heterocycles. The van der Waals surface area contributed by atoms with E-state index in [2.05, 4.69) is 15.4 Å². The van der Waals surface area contributed by atoms with Crippen LogP contribution in [0.4, 0.5) is 0 Å². The third-order valence-corrected chi connectivity index (χ3v) is 5.64. The minimum Gasteiger partial charge on any atom is -0.337 e. The number of hydrogen-bond donors (Lipinski definition) is 1. The molecule has 1 N–H and O–H groups in total. The molecular formula is C19H21N5OS. The van der Waals surface area contributed by atoms with Crippen molar-refractivity contribution < 1.29 is 4.79 Å². The number of piperidine rings is 1. The number of nitrogens with zero attached hydrogens (tertiary/aromatic N) is 4. The molecule has 1 aromatic carbocycles. The summed E-state index contributed by atoms with van der Waals surface area (Å²) >= 11 is 1.48. The van der Waals surface area contributed by atoms with E-state index in [1.165, 1.54) is 11.3 Å². The summed E-state index contributed by atoms with van der Waals surface area (Å²) in [4.78, 5) is 19.1. The topological polar surface area (TPSA) is 63.1 Å². The number of amides is 1. The van der Waals surface area contributed by atoms with Crippen molar-refractivity contribution in [1.29, 1.82) is 0 Å². The van der Waals surface area contributed by atoms with E-state index < -0.39 is 0 Å². The summed E-state index contributed by atoms with van der Waals surface area (Å²) in [6.45, 7) is 1.92. The van der Waals surface area contributed by atoms with Crippen LogP contribution in [0.2, 0.25) is 0 Å². The molecule has 3 heterocycles. The van der Waals surface area contributed by atoms with E-state index in [1.807, 2.05) is 58.5 Å². The lowest BCUT2D eigenvalue weighted by Crippen LogP contribution is -2.44. The minimum absolute atomic E-state index is 0.00477. The fourth-order valence-electron chi connectivity index (χ4n) is 3.20. The highest BCUT2D eigenvalue weighted by molar-refractivity contribution is 7.13. The molecular weight excluding hydrogens is 346 g/mol. The Balaban J connectivity index is 1.51. The molecule has 0 radical (unpaired) electrons. The third kappa shape index (κ3) is 3.40. The molecule has 0 unspecified atom stereocenters. The molecule has 0 saturated carbocycles. The van der Waals surface area contributed by atoms with Crippen LogP contribution >= 0.6 is 11.3 Å². The molecule has 2 aromatic heterocycles. The van der Waals surface area contributed by atoms with E-state index in [0.717, 1.165) is 42.2 Å². The van der Waals surface area contributed by atoms with Crippen molar-refractivity contribution in [3.8, 4) is 16.3 Å². The first-order chi connectivity index (χ1) is 12.7. The number of carbonyl (C=O) groups excluding carboxylic acids is 1. The fraction of sp³-hybridized carbons (Fsp3) is 0.316. The van der Waals surface area contributed by atoms with Crippen LogP contribution in [-0.2, 0) is 0 Å². The largest absolute Gasteiger partial charge is 0.337 e. The molecule has 0 aliphatic carbocycles. The highest BCUT2D eigenvalue weighted by Gasteiger charge is 2.24. The van der Waals surface area contributed by atoms with Crippen LogP contribution in [0.1, 0.15) is 23.3 Å². The lowest BCUT2D eigenvalue weighted by molar-refractivity contribution is 0.0698. The van der Waals surface area contributed by atoms with Crippen LogP contribution in [0.5, 0.6) is 0 Å². The molecule has 1 aliphatic heterocycles. The normalized spacial score (nSPS) is 15.1. The van der Waals surface area contributed by atoms with Gasteiger partial charge in [0.1, 0.15) is 10.7 Å². The number of rotatable bonds is 4. The van der Waals surface area contributed by atoms with Crippen LogP contribution in [0.25, 0.3) is 16.3 Å². The summed E-state index contributed by atoms with van der Waals surface area (Å²) in [6, 6.07) is 10.2. The standard InChI is InChI=1S/C19H21N5OS/c1-23(15-7-9-20-10-8-15)19(25)17-13-26-18(22-17)14-11-21-24(12-14)16-5-3-2-4-6-16/h2-6,11-13,15,20H,7-10H2,1H3. The maximum absolute atomic E-state index is 12.7. The highest BCUT2D eigenvalue weighted by Crippen LogP contribution is 2.25. The molecule has 3 aromatic rings. The summed E-state index contributed by atoms with van der Waals surface area (Å²) in [5.74, 6) is -0.00477. The van der Waals surface area contributed by atoms with Gasteiger partial charge in [-0.15, -0.1) is 11.3 Å². The molecule has 1 fully saturated rings. The quantitative estimate of drug-likeness (QED) is 0.770. The summed E-state index contributed by atoms with van der Waals surface area (Å²) in [7, 11) is 1.88. The Morgan fingerprint density at radius 1 is 1.27 bits per heavy atom. The fourth-order valence-corrected chi connectivity index (χ4v) is 3.97. The van der Waals surface area contributed by atoms with Gasteiger partial charge in [-0.3, -0.25) is 4.79 Å². The van der Waals surface area contributed by atoms with Crippen LogP contribution in [0.15, 0.2) is 48.1 Å². The lowest BCUT2D eigenvalue weighted by atomic mass is 10.1. The van der Waals surface area contributed by atoms with Gasteiger partial charge < -0.3 is 10.2 Å². The monoisotopic (exact) mass is 367 g/mol. The highest BCUT2D eigenvalue weighted by atomic mass is 32.1. The summed E-state index contributed by atoms with van der Waals surface area (Å²) in [5.41, 5.74) is 2.43. The summed E-state index contributed by atoms with van der Waals surface area (Å²) < 4.78 is 1.82. The Bertz CT molecular complexity index is 882. The molecule has 7 heteroatoms. The van der Waals surface area contributed by atoms with Crippen LogP contribution < -0.4 is 5.32 Å². The molecule has 1 aliphatic rings. The number of benzene rings is 1. The van der Waals surface area contributed by atoms with Crippen molar-refractivity contribution >= 4 is 17.2 Å². The zero-order valence-electron chi connectivity index (χ0n) is 14.6. The average Bonchev–Trinajstić information content (AvgIpc) is 3.38. The van der Waals surface area contributed by atoms with Crippen LogP contribution in [0, 0.1) is 0 Å². The zero-order valence-corrected chi connectivity index (χ0v) is 15.4. The maximum Gasteiger partial charge on any atom is 0.273 e. The number of aromatic nitrogens is 3. The zero-order chi connectivity index (χ0) is 17.9. The number of carbonyl (C=O) groups is 1. The van der Waals surface area contributed by atoms with Crippen molar-refractivity contribution in [2.45, 2.75) is 18.9 Å². The average molecular weight is 367 g/mol. The van der Waals surface area contributed by atoms with Crippen molar-refractivity contribution in [3.63, 3.8) is 0 Å². The number of para-hydroxylation sites is 1. The molecule has 0 spiro atoms. The molecule has 134 valence electrons. The Morgan fingerprint density at radius 2 is 2.04 bits per heavy atom. The molecule has 0 atom stereocenters. The summed E-state index contributed by atoms with van der Waals surface area (Å²) in [5, 5.41) is 10.4. The predicted octanol–water partition coefficient (Wildman–Crippen LogP) is 2.82. The predicted molar refractivity (Wildman–Crippen MR) is 103 cm³/mol. The molecule has 4 rings (SSSR count). The maximum atomic E-state index is 12.7. The van der Waals surface area contributed by atoms with Crippen molar-refractivity contribution in [2.24, 2.45) is 0 Å². The Labute approximate surface area is 156 Å². The smallest absolute Gasteiger partial charge is 0.273 e. The van der Waals surface area contributed by atoms with Crippen LogP contribution in [-0.4, -0.2) is 51.8 Å². The van der Waals surface area contributed by atoms with Gasteiger partial charge in [0.2, 0.25) is 0 Å². The second-order valence-electron chi connectivity index (χ2n) is 6.44. The van der Waals surface area contributed by atoms with E-state index in [4.69, 9.17) is 0 Å². The van der Waals surface area contributed by atoms with E-state index in [0.29, 0.717) is 5.69 Å². The lowest BCUT2D eigenvalue weighted by Gasteiger charge is -2.31. The first kappa shape index (κ1) is 16.9. The first-order valence-corrected chi connectivity index (χ1v) is 9.64. The van der Waals surface area contributed by atoms with E-state index in [-0.39, 0.29) is 11.9 Å². The van der Waals surface area contributed by atoms with Gasteiger partial charge in [0.25, 0.3) is 5.91 Å². The van der Waals surface area contributed by atoms with Crippen molar-refractivity contribution in [3.05, 3.63) is 53.8 Å². The molecule has 26 heavy (non-hydrogen) atoms. The Morgan fingerprint density at radius 3 is 2.81 bits per heavy atom. The summed E-state index contributed by atoms with van der Waals surface area (Å²) in [6.07, 6.45) is 5.71. The second kappa shape index (κ2) is 7.39. The molecule has 0 bridgehead atoms. The molecule has 1 amide bonds. The van der Waals surface area contributed by atoms with Gasteiger partial charge in [-0.25, -0.2) is 9.67 Å². The van der Waals surface area contributed by atoms with Gasteiger partial charge in [-0.1, -0.05) is 18.2 Å². The van der Waals surface area contributed by atoms with Crippen molar-refractivity contribution in [2.75, 3.05) is 20.1 Å². The van der Waals surface area contributed by atoms with Gasteiger partial charge in [-0.2, -0.15) is 5.10 Å².